The Bertz CT molecular complexity index is 1260. The van der Waals surface area contributed by atoms with E-state index in [1.165, 1.54) is 4.90 Å². The predicted molar refractivity (Wildman–Crippen MR) is 150 cm³/mol. The van der Waals surface area contributed by atoms with Crippen LogP contribution in [-0.4, -0.2) is 86.7 Å². The molecular formula is C30H36ClN3O6. The Labute approximate surface area is 239 Å². The molecule has 5 rings (SSSR count). The second-order valence-electron chi connectivity index (χ2n) is 10.7. The third kappa shape index (κ3) is 6.20. The van der Waals surface area contributed by atoms with E-state index < -0.39 is 0 Å². The number of carbonyl (C=O) groups excluding carboxylic acids is 3. The van der Waals surface area contributed by atoms with E-state index in [1.54, 1.807) is 25.3 Å². The van der Waals surface area contributed by atoms with Crippen LogP contribution in [0.4, 0.5) is 0 Å². The van der Waals surface area contributed by atoms with E-state index in [0.29, 0.717) is 80.8 Å². The number of benzene rings is 2. The van der Waals surface area contributed by atoms with E-state index in [2.05, 4.69) is 5.32 Å². The molecule has 0 unspecified atom stereocenters. The molecule has 0 aliphatic carbocycles. The molecule has 0 radical (unpaired) electrons. The highest BCUT2D eigenvalue weighted by Gasteiger charge is 2.40. The Morgan fingerprint density at radius 3 is 2.60 bits per heavy atom. The number of amides is 3. The summed E-state index contributed by atoms with van der Waals surface area (Å²) in [5.74, 6) is 0.557. The van der Waals surface area contributed by atoms with Crippen LogP contribution in [-0.2, 0) is 14.3 Å². The normalized spacial score (nSPS) is 22.2. The van der Waals surface area contributed by atoms with Crippen molar-refractivity contribution < 1.29 is 28.6 Å². The molecule has 3 amide bonds. The van der Waals surface area contributed by atoms with Gasteiger partial charge in [0.25, 0.3) is 5.91 Å². The second kappa shape index (κ2) is 12.5. The van der Waals surface area contributed by atoms with Gasteiger partial charge in [-0.25, -0.2) is 0 Å². The molecule has 1 N–H and O–H groups in total. The standard InChI is InChI=1S/C30H36ClN3O6/c1-19-4-5-22(14-24(19)31)30(37)33-10-3-11-40-27-15-21(6-7-26(27)38-2)23-16-34(17-25(23)32-28(35)18-33)29(36)20-8-12-39-13-9-20/h4-7,14-15,20,23,25H,3,8-13,16-18H2,1-2H3,(H,32,35)/t23-,25+/m1/s1. The van der Waals surface area contributed by atoms with Gasteiger partial charge in [-0.05, 0) is 61.6 Å². The maximum absolute atomic E-state index is 13.5. The maximum Gasteiger partial charge on any atom is 0.254 e. The van der Waals surface area contributed by atoms with Gasteiger partial charge in [-0.2, -0.15) is 0 Å². The minimum absolute atomic E-state index is 0.0707. The average molecular weight is 570 g/mol. The summed E-state index contributed by atoms with van der Waals surface area (Å²) in [6.45, 7) is 4.48. The lowest BCUT2D eigenvalue weighted by Crippen LogP contribution is -2.47. The molecule has 214 valence electrons. The summed E-state index contributed by atoms with van der Waals surface area (Å²) in [7, 11) is 1.59. The molecule has 0 spiro atoms. The highest BCUT2D eigenvalue weighted by molar-refractivity contribution is 6.31. The minimum atomic E-state index is -0.316. The summed E-state index contributed by atoms with van der Waals surface area (Å²) < 4.78 is 17.1. The Hall–Kier alpha value is -3.30. The lowest BCUT2D eigenvalue weighted by molar-refractivity contribution is -0.137. The van der Waals surface area contributed by atoms with Crippen molar-refractivity contribution in [1.29, 1.82) is 0 Å². The van der Waals surface area contributed by atoms with Gasteiger partial charge in [-0.3, -0.25) is 14.4 Å². The molecule has 10 heteroatoms. The number of fused-ring (bicyclic) bond motifs is 4. The second-order valence-corrected chi connectivity index (χ2v) is 11.1. The van der Waals surface area contributed by atoms with E-state index in [4.69, 9.17) is 25.8 Å². The first-order valence-electron chi connectivity index (χ1n) is 13.9. The van der Waals surface area contributed by atoms with Gasteiger partial charge in [-0.1, -0.05) is 23.7 Å². The molecule has 2 fully saturated rings. The number of methoxy groups -OCH3 is 1. The van der Waals surface area contributed by atoms with Crippen molar-refractivity contribution in [2.75, 3.05) is 53.1 Å². The quantitative estimate of drug-likeness (QED) is 0.608. The Kier molecular flexibility index (Phi) is 8.81. The van der Waals surface area contributed by atoms with Gasteiger partial charge in [0.2, 0.25) is 11.8 Å². The molecule has 40 heavy (non-hydrogen) atoms. The summed E-state index contributed by atoms with van der Waals surface area (Å²) in [5.41, 5.74) is 2.26. The summed E-state index contributed by atoms with van der Waals surface area (Å²) in [6.07, 6.45) is 1.93. The van der Waals surface area contributed by atoms with Crippen molar-refractivity contribution in [3.63, 3.8) is 0 Å². The number of hydrogen-bond donors (Lipinski definition) is 1. The third-order valence-electron chi connectivity index (χ3n) is 8.03. The first-order chi connectivity index (χ1) is 19.3. The first-order valence-corrected chi connectivity index (χ1v) is 14.2. The number of nitrogens with zero attached hydrogens (tertiary/aromatic N) is 2. The van der Waals surface area contributed by atoms with Crippen LogP contribution in [0.3, 0.4) is 0 Å². The third-order valence-corrected chi connectivity index (χ3v) is 8.44. The zero-order valence-electron chi connectivity index (χ0n) is 23.0. The zero-order valence-corrected chi connectivity index (χ0v) is 23.7. The van der Waals surface area contributed by atoms with Crippen LogP contribution >= 0.6 is 11.6 Å². The smallest absolute Gasteiger partial charge is 0.254 e. The molecule has 2 atom stereocenters. The average Bonchev–Trinajstić information content (AvgIpc) is 3.38. The summed E-state index contributed by atoms with van der Waals surface area (Å²) >= 11 is 6.29. The molecule has 3 heterocycles. The summed E-state index contributed by atoms with van der Waals surface area (Å²) in [5, 5.41) is 3.65. The molecule has 0 aromatic heterocycles. The SMILES string of the molecule is COc1ccc2cc1OCCCN(C(=O)c1ccc(C)c(Cl)c1)CC(=O)N[C@H]1CN(C(=O)C3CCOCC3)C[C@H]21. The molecule has 9 nitrogen and oxygen atoms in total. The number of hydrogen-bond acceptors (Lipinski definition) is 6. The molecule has 0 saturated carbocycles. The van der Waals surface area contributed by atoms with Crippen molar-refractivity contribution in [3.8, 4) is 11.5 Å². The molecular weight excluding hydrogens is 534 g/mol. The van der Waals surface area contributed by atoms with Crippen LogP contribution in [0.5, 0.6) is 11.5 Å². The molecule has 2 aromatic carbocycles. The van der Waals surface area contributed by atoms with Crippen LogP contribution in [0, 0.1) is 12.8 Å². The van der Waals surface area contributed by atoms with Crippen molar-refractivity contribution in [1.82, 2.24) is 15.1 Å². The van der Waals surface area contributed by atoms with E-state index >= 15 is 0 Å². The van der Waals surface area contributed by atoms with Crippen molar-refractivity contribution >= 4 is 29.3 Å². The lowest BCUT2D eigenvalue weighted by atomic mass is 9.93. The van der Waals surface area contributed by atoms with Gasteiger partial charge in [0.1, 0.15) is 0 Å². The molecule has 3 aliphatic heterocycles. The summed E-state index contributed by atoms with van der Waals surface area (Å²) in [6, 6.07) is 10.6. The highest BCUT2D eigenvalue weighted by Crippen LogP contribution is 2.36. The Morgan fingerprint density at radius 1 is 1.05 bits per heavy atom. The molecule has 2 bridgehead atoms. The van der Waals surface area contributed by atoms with E-state index in [1.807, 2.05) is 30.0 Å². The Morgan fingerprint density at radius 2 is 1.85 bits per heavy atom. The number of halogens is 1. The van der Waals surface area contributed by atoms with E-state index in [9.17, 15) is 14.4 Å². The number of likely N-dealkylation sites (tertiary alicyclic amines) is 1. The highest BCUT2D eigenvalue weighted by atomic mass is 35.5. The van der Waals surface area contributed by atoms with E-state index in [0.717, 1.165) is 11.1 Å². The zero-order chi connectivity index (χ0) is 28.2. The van der Waals surface area contributed by atoms with Crippen molar-refractivity contribution in [3.05, 3.63) is 58.1 Å². The van der Waals surface area contributed by atoms with Crippen LogP contribution in [0.25, 0.3) is 0 Å². The van der Waals surface area contributed by atoms with Crippen LogP contribution in [0.15, 0.2) is 36.4 Å². The van der Waals surface area contributed by atoms with Crippen LogP contribution in [0.1, 0.15) is 46.7 Å². The monoisotopic (exact) mass is 569 g/mol. The van der Waals surface area contributed by atoms with Gasteiger partial charge >= 0.3 is 0 Å². The maximum atomic E-state index is 13.5. The van der Waals surface area contributed by atoms with E-state index in [-0.39, 0.29) is 42.1 Å². The molecule has 2 saturated heterocycles. The van der Waals surface area contributed by atoms with Gasteiger partial charge in [0.05, 0.1) is 26.3 Å². The van der Waals surface area contributed by atoms with Crippen molar-refractivity contribution in [2.24, 2.45) is 5.92 Å². The minimum Gasteiger partial charge on any atom is -0.493 e. The number of aryl methyl sites for hydroxylation is 1. The van der Waals surface area contributed by atoms with Crippen molar-refractivity contribution in [2.45, 2.75) is 38.1 Å². The van der Waals surface area contributed by atoms with Gasteiger partial charge in [0.15, 0.2) is 11.5 Å². The largest absolute Gasteiger partial charge is 0.493 e. The number of carbonyl (C=O) groups is 3. The summed E-state index contributed by atoms with van der Waals surface area (Å²) in [4.78, 5) is 43.6. The first kappa shape index (κ1) is 28.2. The number of rotatable bonds is 3. The predicted octanol–water partition coefficient (Wildman–Crippen LogP) is 3.42. The molecule has 2 aromatic rings. The number of nitrogens with one attached hydrogen (secondary N) is 1. The fourth-order valence-corrected chi connectivity index (χ4v) is 5.91. The van der Waals surface area contributed by atoms with Gasteiger partial charge in [-0.15, -0.1) is 0 Å². The van der Waals surface area contributed by atoms with Crippen LogP contribution < -0.4 is 14.8 Å². The van der Waals surface area contributed by atoms with Crippen LogP contribution in [0.2, 0.25) is 5.02 Å². The topological polar surface area (TPSA) is 97.4 Å². The van der Waals surface area contributed by atoms with Gasteiger partial charge < -0.3 is 29.3 Å². The lowest BCUT2D eigenvalue weighted by Gasteiger charge is -2.26. The fraction of sp³-hybridized carbons (Fsp3) is 0.500. The van der Waals surface area contributed by atoms with Gasteiger partial charge in [0, 0.05) is 55.3 Å². The molecule has 3 aliphatic rings. The Balaban J connectivity index is 1.41. The fourth-order valence-electron chi connectivity index (χ4n) is 5.73. The number of ether oxygens (including phenoxy) is 3.